The van der Waals surface area contributed by atoms with Gasteiger partial charge in [0.25, 0.3) is 5.91 Å². The Morgan fingerprint density at radius 3 is 2.41 bits per heavy atom. The monoisotopic (exact) mass is 301 g/mol. The van der Waals surface area contributed by atoms with Gasteiger partial charge in [0, 0.05) is 5.56 Å². The van der Waals surface area contributed by atoms with E-state index in [0.29, 0.717) is 11.3 Å². The molecule has 22 heavy (non-hydrogen) atoms. The molecule has 1 atom stereocenters. The number of benzene rings is 2. The summed E-state index contributed by atoms with van der Waals surface area (Å²) in [6.45, 7) is 1.68. The first kappa shape index (κ1) is 15.7. The maximum Gasteiger partial charge on any atom is 0.258 e. The Morgan fingerprint density at radius 2 is 1.82 bits per heavy atom. The molecule has 114 valence electrons. The first-order valence-corrected chi connectivity index (χ1v) is 6.81. The highest BCUT2D eigenvalue weighted by atomic mass is 19.1. The number of carbonyl (C=O) groups is 2. The molecule has 0 heterocycles. The van der Waals surface area contributed by atoms with Gasteiger partial charge >= 0.3 is 0 Å². The fraction of sp³-hybridized carbons (Fsp3) is 0.176. The first-order chi connectivity index (χ1) is 10.6. The highest BCUT2D eigenvalue weighted by Gasteiger charge is 2.10. The highest BCUT2D eigenvalue weighted by Crippen LogP contribution is 2.13. The Hall–Kier alpha value is -2.69. The molecule has 1 N–H and O–H groups in total. The minimum atomic E-state index is -0.315. The van der Waals surface area contributed by atoms with Crippen LogP contribution >= 0.6 is 0 Å². The lowest BCUT2D eigenvalue weighted by Crippen LogP contribution is -2.31. The Balaban J connectivity index is 1.84. The number of nitrogens with one attached hydrogen (secondary N) is 1. The molecule has 0 aliphatic carbocycles. The van der Waals surface area contributed by atoms with Crippen LogP contribution in [0.5, 0.6) is 5.75 Å². The van der Waals surface area contributed by atoms with Crippen LogP contribution in [0, 0.1) is 5.82 Å². The van der Waals surface area contributed by atoms with Gasteiger partial charge in [0.05, 0.1) is 6.04 Å². The predicted octanol–water partition coefficient (Wildman–Crippen LogP) is 2.89. The second-order valence-corrected chi connectivity index (χ2v) is 4.82. The predicted molar refractivity (Wildman–Crippen MR) is 80.3 cm³/mol. The zero-order chi connectivity index (χ0) is 15.9. The molecule has 2 aromatic carbocycles. The highest BCUT2D eigenvalue weighted by molar-refractivity contribution is 5.78. The number of aldehydes is 1. The van der Waals surface area contributed by atoms with Crippen LogP contribution in [0.4, 0.5) is 4.39 Å². The number of rotatable bonds is 6. The maximum atomic E-state index is 12.8. The summed E-state index contributed by atoms with van der Waals surface area (Å²) in [7, 11) is 0. The third kappa shape index (κ3) is 4.41. The van der Waals surface area contributed by atoms with Crippen molar-refractivity contribution in [1.82, 2.24) is 5.32 Å². The Bertz CT molecular complexity index is 638. The number of halogens is 1. The maximum absolute atomic E-state index is 12.8. The van der Waals surface area contributed by atoms with E-state index in [2.05, 4.69) is 5.32 Å². The summed E-state index contributed by atoms with van der Waals surface area (Å²) in [5.41, 5.74) is 1.35. The lowest BCUT2D eigenvalue weighted by atomic mass is 10.1. The van der Waals surface area contributed by atoms with Crippen LogP contribution < -0.4 is 10.1 Å². The van der Waals surface area contributed by atoms with E-state index >= 15 is 0 Å². The second kappa shape index (κ2) is 7.36. The number of ether oxygens (including phenoxy) is 1. The number of carbonyl (C=O) groups excluding carboxylic acids is 2. The summed E-state index contributed by atoms with van der Waals surface area (Å²) in [5, 5.41) is 2.77. The fourth-order valence-corrected chi connectivity index (χ4v) is 1.91. The van der Waals surface area contributed by atoms with Crippen LogP contribution in [0.25, 0.3) is 0 Å². The van der Waals surface area contributed by atoms with E-state index in [4.69, 9.17) is 4.74 Å². The van der Waals surface area contributed by atoms with Crippen molar-refractivity contribution in [2.24, 2.45) is 0 Å². The Kier molecular flexibility index (Phi) is 5.25. The van der Waals surface area contributed by atoms with Crippen LogP contribution in [0.2, 0.25) is 0 Å². The molecular weight excluding hydrogens is 285 g/mol. The van der Waals surface area contributed by atoms with E-state index in [1.54, 1.807) is 36.4 Å². The molecule has 1 unspecified atom stereocenters. The lowest BCUT2D eigenvalue weighted by molar-refractivity contribution is -0.123. The van der Waals surface area contributed by atoms with Crippen LogP contribution in [-0.2, 0) is 4.79 Å². The van der Waals surface area contributed by atoms with Gasteiger partial charge in [-0.25, -0.2) is 4.39 Å². The smallest absolute Gasteiger partial charge is 0.258 e. The molecule has 0 aromatic heterocycles. The van der Waals surface area contributed by atoms with Gasteiger partial charge in [0.15, 0.2) is 6.61 Å². The van der Waals surface area contributed by atoms with Crippen molar-refractivity contribution < 1.29 is 18.7 Å². The molecule has 5 heteroatoms. The van der Waals surface area contributed by atoms with Gasteiger partial charge in [0.1, 0.15) is 17.9 Å². The molecule has 2 aromatic rings. The summed E-state index contributed by atoms with van der Waals surface area (Å²) in [6, 6.07) is 12.2. The standard InChI is InChI=1S/C17H16FNO3/c1-12(14-4-6-15(18)7-5-14)19-17(21)11-22-16-8-2-13(10-20)3-9-16/h2-10,12H,11H2,1H3,(H,19,21). The van der Waals surface area contributed by atoms with Crippen molar-refractivity contribution >= 4 is 12.2 Å². The topological polar surface area (TPSA) is 55.4 Å². The number of amides is 1. The molecule has 4 nitrogen and oxygen atoms in total. The average molecular weight is 301 g/mol. The molecule has 0 spiro atoms. The van der Waals surface area contributed by atoms with Crippen LogP contribution in [0.1, 0.15) is 28.9 Å². The van der Waals surface area contributed by atoms with Gasteiger partial charge in [-0.1, -0.05) is 12.1 Å². The summed E-state index contributed by atoms with van der Waals surface area (Å²) in [6.07, 6.45) is 0.737. The Morgan fingerprint density at radius 1 is 1.18 bits per heavy atom. The van der Waals surface area contributed by atoms with Gasteiger partial charge in [-0.3, -0.25) is 9.59 Å². The van der Waals surface area contributed by atoms with Crippen molar-refractivity contribution in [3.05, 3.63) is 65.5 Å². The van der Waals surface area contributed by atoms with Gasteiger partial charge in [-0.2, -0.15) is 0 Å². The van der Waals surface area contributed by atoms with E-state index in [1.807, 2.05) is 6.92 Å². The molecule has 0 radical (unpaired) electrons. The van der Waals surface area contributed by atoms with Crippen molar-refractivity contribution in [3.63, 3.8) is 0 Å². The zero-order valence-corrected chi connectivity index (χ0v) is 12.1. The normalized spacial score (nSPS) is 11.5. The van der Waals surface area contributed by atoms with E-state index in [1.165, 1.54) is 12.1 Å². The lowest BCUT2D eigenvalue weighted by Gasteiger charge is -2.14. The third-order valence-electron chi connectivity index (χ3n) is 3.13. The molecule has 0 fully saturated rings. The van der Waals surface area contributed by atoms with Crippen LogP contribution in [-0.4, -0.2) is 18.8 Å². The van der Waals surface area contributed by atoms with E-state index < -0.39 is 0 Å². The van der Waals surface area contributed by atoms with E-state index in [0.717, 1.165) is 11.8 Å². The van der Waals surface area contributed by atoms with Crippen LogP contribution in [0.3, 0.4) is 0 Å². The van der Waals surface area contributed by atoms with Gasteiger partial charge in [-0.15, -0.1) is 0 Å². The number of hydrogen-bond acceptors (Lipinski definition) is 3. The van der Waals surface area contributed by atoms with Gasteiger partial charge < -0.3 is 10.1 Å². The molecule has 0 aliphatic rings. The minimum Gasteiger partial charge on any atom is -0.484 e. The summed E-state index contributed by atoms with van der Waals surface area (Å²) >= 11 is 0. The van der Waals surface area contributed by atoms with E-state index in [-0.39, 0.29) is 24.4 Å². The molecular formula is C17H16FNO3. The first-order valence-electron chi connectivity index (χ1n) is 6.81. The Labute approximate surface area is 127 Å². The van der Waals surface area contributed by atoms with E-state index in [9.17, 15) is 14.0 Å². The zero-order valence-electron chi connectivity index (χ0n) is 12.1. The largest absolute Gasteiger partial charge is 0.484 e. The SMILES string of the molecule is CC(NC(=O)COc1ccc(C=O)cc1)c1ccc(F)cc1. The third-order valence-corrected chi connectivity index (χ3v) is 3.13. The average Bonchev–Trinajstić information content (AvgIpc) is 2.54. The van der Waals surface area contributed by atoms with Gasteiger partial charge in [-0.05, 0) is 48.9 Å². The summed E-state index contributed by atoms with van der Waals surface area (Å²) < 4.78 is 18.2. The summed E-state index contributed by atoms with van der Waals surface area (Å²) in [4.78, 5) is 22.4. The van der Waals surface area contributed by atoms with Crippen molar-refractivity contribution in [2.45, 2.75) is 13.0 Å². The van der Waals surface area contributed by atoms with Gasteiger partial charge in [0.2, 0.25) is 0 Å². The fourth-order valence-electron chi connectivity index (χ4n) is 1.91. The second-order valence-electron chi connectivity index (χ2n) is 4.82. The molecule has 0 saturated carbocycles. The molecule has 0 aliphatic heterocycles. The number of hydrogen-bond donors (Lipinski definition) is 1. The molecule has 0 saturated heterocycles. The summed E-state index contributed by atoms with van der Waals surface area (Å²) in [5.74, 6) is -0.0872. The van der Waals surface area contributed by atoms with Crippen molar-refractivity contribution in [3.8, 4) is 5.75 Å². The molecule has 0 bridgehead atoms. The molecule has 2 rings (SSSR count). The molecule has 1 amide bonds. The van der Waals surface area contributed by atoms with Crippen molar-refractivity contribution in [2.75, 3.05) is 6.61 Å². The quantitative estimate of drug-likeness (QED) is 0.835. The van der Waals surface area contributed by atoms with Crippen LogP contribution in [0.15, 0.2) is 48.5 Å². The minimum absolute atomic E-state index is 0.133. The van der Waals surface area contributed by atoms with Crippen molar-refractivity contribution in [1.29, 1.82) is 0 Å².